The number of allylic oxidation sites excluding steroid dienone is 1. The number of thiophene rings is 1. The van der Waals surface area contributed by atoms with Crippen LogP contribution >= 0.6 is 11.3 Å². The summed E-state index contributed by atoms with van der Waals surface area (Å²) in [7, 11) is 0. The van der Waals surface area contributed by atoms with Crippen molar-refractivity contribution < 1.29 is 0 Å². The van der Waals surface area contributed by atoms with Crippen LogP contribution in [0.1, 0.15) is 37.1 Å². The van der Waals surface area contributed by atoms with E-state index < -0.39 is 0 Å². The van der Waals surface area contributed by atoms with E-state index in [9.17, 15) is 0 Å². The average Bonchev–Trinajstić information content (AvgIpc) is 2.59. The molecule has 0 nitrogen and oxygen atoms in total. The number of fused-ring (bicyclic) bond motifs is 1. The van der Waals surface area contributed by atoms with Crippen molar-refractivity contribution in [3.05, 3.63) is 41.3 Å². The Hall–Kier alpha value is -1.08. The summed E-state index contributed by atoms with van der Waals surface area (Å²) in [5.41, 5.74) is 2.38. The van der Waals surface area contributed by atoms with Crippen LogP contribution in [0.25, 0.3) is 15.7 Å². The van der Waals surface area contributed by atoms with Gasteiger partial charge in [-0.2, -0.15) is 0 Å². The fourth-order valence-electron chi connectivity index (χ4n) is 1.61. The van der Waals surface area contributed by atoms with E-state index in [1.807, 2.05) is 11.3 Å². The SMILES string of the molecule is C=C(C)c1ccc2sc(C(C)C)cc2c1. The number of rotatable bonds is 2. The molecule has 0 bridgehead atoms. The van der Waals surface area contributed by atoms with Crippen LogP contribution in [0.4, 0.5) is 0 Å². The van der Waals surface area contributed by atoms with Gasteiger partial charge in [0.25, 0.3) is 0 Å². The Labute approximate surface area is 95.3 Å². The second-order valence-electron chi connectivity index (χ2n) is 4.34. The van der Waals surface area contributed by atoms with Crippen molar-refractivity contribution in [2.24, 2.45) is 0 Å². The van der Waals surface area contributed by atoms with Crippen molar-refractivity contribution in [2.45, 2.75) is 26.7 Å². The van der Waals surface area contributed by atoms with Gasteiger partial charge in [0.2, 0.25) is 0 Å². The molecule has 2 aromatic rings. The lowest BCUT2D eigenvalue weighted by Gasteiger charge is -1.98. The predicted octanol–water partition coefficient (Wildman–Crippen LogP) is 5.06. The molecule has 78 valence electrons. The van der Waals surface area contributed by atoms with Crippen molar-refractivity contribution in [1.82, 2.24) is 0 Å². The third-order valence-electron chi connectivity index (χ3n) is 2.60. The van der Waals surface area contributed by atoms with Gasteiger partial charge in [-0.3, -0.25) is 0 Å². The summed E-state index contributed by atoms with van der Waals surface area (Å²) in [5, 5.41) is 1.35. The van der Waals surface area contributed by atoms with Crippen LogP contribution in [0.15, 0.2) is 30.8 Å². The Morgan fingerprint density at radius 3 is 2.60 bits per heavy atom. The van der Waals surface area contributed by atoms with Gasteiger partial charge in [0.15, 0.2) is 0 Å². The molecular weight excluding hydrogens is 200 g/mol. The summed E-state index contributed by atoms with van der Waals surface area (Å²) < 4.78 is 1.38. The average molecular weight is 216 g/mol. The summed E-state index contributed by atoms with van der Waals surface area (Å²) >= 11 is 1.90. The van der Waals surface area contributed by atoms with Gasteiger partial charge in [-0.25, -0.2) is 0 Å². The van der Waals surface area contributed by atoms with Crippen LogP contribution in [-0.4, -0.2) is 0 Å². The van der Waals surface area contributed by atoms with E-state index in [0.717, 1.165) is 5.57 Å². The zero-order chi connectivity index (χ0) is 11.0. The Balaban J connectivity index is 2.57. The van der Waals surface area contributed by atoms with Crippen LogP contribution in [0.2, 0.25) is 0 Å². The van der Waals surface area contributed by atoms with Crippen molar-refractivity contribution in [3.63, 3.8) is 0 Å². The molecule has 0 fully saturated rings. The van der Waals surface area contributed by atoms with Gasteiger partial charge in [0, 0.05) is 9.58 Å². The minimum Gasteiger partial charge on any atom is -0.140 e. The number of hydrogen-bond donors (Lipinski definition) is 0. The van der Waals surface area contributed by atoms with Crippen LogP contribution < -0.4 is 0 Å². The first-order valence-electron chi connectivity index (χ1n) is 5.27. The lowest BCUT2D eigenvalue weighted by atomic mass is 10.1. The Bertz CT molecular complexity index is 503. The van der Waals surface area contributed by atoms with E-state index in [1.165, 1.54) is 20.5 Å². The molecule has 0 saturated carbocycles. The monoisotopic (exact) mass is 216 g/mol. The van der Waals surface area contributed by atoms with Crippen molar-refractivity contribution in [3.8, 4) is 0 Å². The molecule has 0 atom stereocenters. The van der Waals surface area contributed by atoms with E-state index in [0.29, 0.717) is 5.92 Å². The smallest absolute Gasteiger partial charge is 0.0346 e. The van der Waals surface area contributed by atoms with Crippen molar-refractivity contribution in [2.75, 3.05) is 0 Å². The van der Waals surface area contributed by atoms with E-state index in [2.05, 4.69) is 51.6 Å². The highest BCUT2D eigenvalue weighted by Gasteiger charge is 2.05. The second kappa shape index (κ2) is 3.82. The highest BCUT2D eigenvalue weighted by molar-refractivity contribution is 7.19. The third kappa shape index (κ3) is 1.98. The Morgan fingerprint density at radius 2 is 2.00 bits per heavy atom. The molecule has 0 amide bonds. The Morgan fingerprint density at radius 1 is 1.27 bits per heavy atom. The van der Waals surface area contributed by atoms with Gasteiger partial charge in [0.1, 0.15) is 0 Å². The van der Waals surface area contributed by atoms with E-state index in [4.69, 9.17) is 0 Å². The van der Waals surface area contributed by atoms with Crippen LogP contribution in [-0.2, 0) is 0 Å². The van der Waals surface area contributed by atoms with Gasteiger partial charge in [0.05, 0.1) is 0 Å². The maximum Gasteiger partial charge on any atom is 0.0346 e. The molecule has 1 heteroatoms. The zero-order valence-corrected chi connectivity index (χ0v) is 10.3. The van der Waals surface area contributed by atoms with Crippen molar-refractivity contribution in [1.29, 1.82) is 0 Å². The molecule has 0 radical (unpaired) electrons. The number of hydrogen-bond acceptors (Lipinski definition) is 1. The fraction of sp³-hybridized carbons (Fsp3) is 0.286. The van der Waals surface area contributed by atoms with Gasteiger partial charge < -0.3 is 0 Å². The van der Waals surface area contributed by atoms with Crippen LogP contribution in [0.5, 0.6) is 0 Å². The van der Waals surface area contributed by atoms with Crippen molar-refractivity contribution >= 4 is 27.0 Å². The maximum atomic E-state index is 3.98. The molecule has 0 unspecified atom stereocenters. The largest absolute Gasteiger partial charge is 0.140 e. The minimum absolute atomic E-state index is 0.621. The zero-order valence-electron chi connectivity index (χ0n) is 9.50. The fourth-order valence-corrected chi connectivity index (χ4v) is 2.66. The summed E-state index contributed by atoms with van der Waals surface area (Å²) in [5.74, 6) is 0.621. The van der Waals surface area contributed by atoms with Gasteiger partial charge in [-0.15, -0.1) is 11.3 Å². The Kier molecular flexibility index (Phi) is 2.66. The molecule has 0 N–H and O–H groups in total. The lowest BCUT2D eigenvalue weighted by molar-refractivity contribution is 0.890. The third-order valence-corrected chi connectivity index (χ3v) is 4.01. The van der Waals surface area contributed by atoms with Gasteiger partial charge in [-0.1, -0.05) is 32.1 Å². The summed E-state index contributed by atoms with van der Waals surface area (Å²) in [6, 6.07) is 8.90. The topological polar surface area (TPSA) is 0 Å². The second-order valence-corrected chi connectivity index (χ2v) is 5.45. The van der Waals surface area contributed by atoms with Crippen LogP contribution in [0, 0.1) is 0 Å². The van der Waals surface area contributed by atoms with Gasteiger partial charge in [-0.05, 0) is 42.0 Å². The standard InChI is InChI=1S/C14H16S/c1-9(2)11-5-6-13-12(7-11)8-14(15-13)10(3)4/h5-8,10H,1H2,2-4H3. The summed E-state index contributed by atoms with van der Waals surface area (Å²) in [6.07, 6.45) is 0. The first kappa shape index (κ1) is 10.4. The highest BCUT2D eigenvalue weighted by Crippen LogP contribution is 2.32. The summed E-state index contributed by atoms with van der Waals surface area (Å²) in [6.45, 7) is 10.5. The molecule has 2 rings (SSSR count). The van der Waals surface area contributed by atoms with E-state index in [-0.39, 0.29) is 0 Å². The normalized spacial score (nSPS) is 11.2. The molecule has 15 heavy (non-hydrogen) atoms. The lowest BCUT2D eigenvalue weighted by Crippen LogP contribution is -1.78. The van der Waals surface area contributed by atoms with Gasteiger partial charge >= 0.3 is 0 Å². The highest BCUT2D eigenvalue weighted by atomic mass is 32.1. The maximum absolute atomic E-state index is 3.98. The number of benzene rings is 1. The molecule has 0 aliphatic heterocycles. The summed E-state index contributed by atoms with van der Waals surface area (Å²) in [4.78, 5) is 1.46. The molecule has 0 aliphatic rings. The first-order valence-corrected chi connectivity index (χ1v) is 6.09. The predicted molar refractivity (Wildman–Crippen MR) is 70.6 cm³/mol. The minimum atomic E-state index is 0.621. The molecule has 1 heterocycles. The quantitative estimate of drug-likeness (QED) is 0.658. The van der Waals surface area contributed by atoms with E-state index >= 15 is 0 Å². The first-order chi connectivity index (χ1) is 7.08. The molecule has 1 aromatic heterocycles. The molecule has 0 saturated heterocycles. The molecule has 0 aliphatic carbocycles. The molecule has 0 spiro atoms. The van der Waals surface area contributed by atoms with Crippen LogP contribution in [0.3, 0.4) is 0 Å². The molecular formula is C14H16S. The molecule has 1 aromatic carbocycles. The van der Waals surface area contributed by atoms with E-state index in [1.54, 1.807) is 0 Å².